The molecule has 0 heterocycles. The van der Waals surface area contributed by atoms with Crippen LogP contribution in [0.2, 0.25) is 15.1 Å². The third-order valence-corrected chi connectivity index (χ3v) is 4.04. The first-order valence-corrected chi connectivity index (χ1v) is 8.26. The van der Waals surface area contributed by atoms with Crippen LogP contribution in [0.1, 0.15) is 11.1 Å². The average Bonchev–Trinajstić information content (AvgIpc) is 2.56. The molecule has 0 radical (unpaired) electrons. The van der Waals surface area contributed by atoms with Gasteiger partial charge in [0.25, 0.3) is 0 Å². The zero-order valence-corrected chi connectivity index (χ0v) is 15.5. The van der Waals surface area contributed by atoms with Crippen molar-refractivity contribution in [3.63, 3.8) is 0 Å². The van der Waals surface area contributed by atoms with Crippen LogP contribution >= 0.6 is 34.8 Å². The average molecular weight is 401 g/mol. The van der Waals surface area contributed by atoms with E-state index in [1.807, 2.05) is 6.92 Å². The van der Waals surface area contributed by atoms with Gasteiger partial charge < -0.3 is 21.3 Å². The van der Waals surface area contributed by atoms with Crippen LogP contribution in [-0.4, -0.2) is 17.5 Å². The molecular formula is C17H16Cl3N3O2. The van der Waals surface area contributed by atoms with E-state index in [2.05, 4.69) is 4.99 Å². The van der Waals surface area contributed by atoms with Crippen LogP contribution in [0.25, 0.3) is 5.70 Å². The second-order valence-corrected chi connectivity index (χ2v) is 6.44. The number of aryl methyl sites for hydroxylation is 1. The molecule has 0 bridgehead atoms. The summed E-state index contributed by atoms with van der Waals surface area (Å²) < 4.78 is 5.59. The Morgan fingerprint density at radius 1 is 1.16 bits per heavy atom. The summed E-state index contributed by atoms with van der Waals surface area (Å²) in [7, 11) is 0. The highest BCUT2D eigenvalue weighted by Gasteiger charge is 2.08. The molecule has 0 spiro atoms. The third-order valence-electron chi connectivity index (χ3n) is 3.23. The van der Waals surface area contributed by atoms with Crippen molar-refractivity contribution >= 4 is 46.3 Å². The van der Waals surface area contributed by atoms with Gasteiger partial charge in [-0.15, -0.1) is 0 Å². The molecule has 0 aliphatic rings. The fourth-order valence-electron chi connectivity index (χ4n) is 1.92. The van der Waals surface area contributed by atoms with Crippen LogP contribution in [0.5, 0.6) is 11.5 Å². The molecule has 0 atom stereocenters. The molecule has 0 saturated carbocycles. The SMILES string of the molecule is Cc1cc(Cl)ccc1OCC(N)=N/C=C(\N)c1cc(Cl)c(O)c(Cl)c1. The van der Waals surface area contributed by atoms with Gasteiger partial charge in [-0.2, -0.15) is 0 Å². The predicted molar refractivity (Wildman–Crippen MR) is 104 cm³/mol. The van der Waals surface area contributed by atoms with Crippen LogP contribution < -0.4 is 16.2 Å². The van der Waals surface area contributed by atoms with E-state index in [-0.39, 0.29) is 33.9 Å². The normalized spacial score (nSPS) is 12.3. The lowest BCUT2D eigenvalue weighted by molar-refractivity contribution is 0.372. The number of nitrogens with zero attached hydrogens (tertiary/aromatic N) is 1. The minimum atomic E-state index is -0.199. The molecule has 5 N–H and O–H groups in total. The Morgan fingerprint density at radius 3 is 2.40 bits per heavy atom. The van der Waals surface area contributed by atoms with E-state index in [1.54, 1.807) is 18.2 Å². The summed E-state index contributed by atoms with van der Waals surface area (Å²) in [4.78, 5) is 4.05. The number of nitrogens with two attached hydrogens (primary N) is 2. The number of hydrogen-bond acceptors (Lipinski definition) is 4. The van der Waals surface area contributed by atoms with E-state index >= 15 is 0 Å². The number of aliphatic imine (C=N–C) groups is 1. The molecule has 25 heavy (non-hydrogen) atoms. The maximum atomic E-state index is 9.55. The van der Waals surface area contributed by atoms with E-state index < -0.39 is 0 Å². The Balaban J connectivity index is 2.07. The topological polar surface area (TPSA) is 93.9 Å². The smallest absolute Gasteiger partial charge is 0.152 e. The van der Waals surface area contributed by atoms with Gasteiger partial charge in [-0.05, 0) is 42.8 Å². The number of phenolic OH excluding ortho intramolecular Hbond substituents is 1. The van der Waals surface area contributed by atoms with Gasteiger partial charge in [-0.1, -0.05) is 34.8 Å². The number of amidine groups is 1. The number of aromatic hydroxyl groups is 1. The zero-order chi connectivity index (χ0) is 18.6. The third kappa shape index (κ3) is 5.19. The van der Waals surface area contributed by atoms with Crippen molar-refractivity contribution < 1.29 is 9.84 Å². The molecule has 0 aromatic heterocycles. The summed E-state index contributed by atoms with van der Waals surface area (Å²) >= 11 is 17.6. The first-order valence-electron chi connectivity index (χ1n) is 7.13. The fourth-order valence-corrected chi connectivity index (χ4v) is 2.64. The van der Waals surface area contributed by atoms with E-state index in [1.165, 1.54) is 18.3 Å². The highest BCUT2D eigenvalue weighted by atomic mass is 35.5. The Bertz CT molecular complexity index is 828. The summed E-state index contributed by atoms with van der Waals surface area (Å²) in [6.45, 7) is 1.97. The Morgan fingerprint density at radius 2 is 1.80 bits per heavy atom. The molecule has 2 aromatic rings. The summed E-state index contributed by atoms with van der Waals surface area (Å²) in [6, 6.07) is 8.24. The zero-order valence-electron chi connectivity index (χ0n) is 13.3. The molecule has 0 unspecified atom stereocenters. The molecule has 0 saturated heterocycles. The molecule has 2 rings (SSSR count). The van der Waals surface area contributed by atoms with Gasteiger partial charge in [-0.25, -0.2) is 4.99 Å². The van der Waals surface area contributed by atoms with Crippen molar-refractivity contribution in [3.05, 3.63) is 62.7 Å². The molecule has 0 fully saturated rings. The Hall–Kier alpha value is -2.08. The number of benzene rings is 2. The number of halogens is 3. The van der Waals surface area contributed by atoms with Gasteiger partial charge in [0.2, 0.25) is 0 Å². The van der Waals surface area contributed by atoms with Gasteiger partial charge in [0.05, 0.1) is 21.9 Å². The second kappa shape index (κ2) is 8.34. The summed E-state index contributed by atoms with van der Waals surface area (Å²) in [5, 5.41) is 10.4. The van der Waals surface area contributed by atoms with Crippen LogP contribution in [0.15, 0.2) is 41.5 Å². The molecule has 5 nitrogen and oxygen atoms in total. The lowest BCUT2D eigenvalue weighted by Crippen LogP contribution is -2.21. The van der Waals surface area contributed by atoms with E-state index in [0.29, 0.717) is 16.3 Å². The molecular weight excluding hydrogens is 385 g/mol. The van der Waals surface area contributed by atoms with E-state index in [0.717, 1.165) is 5.56 Å². The Kier molecular flexibility index (Phi) is 6.42. The van der Waals surface area contributed by atoms with Crippen LogP contribution in [0.4, 0.5) is 0 Å². The highest BCUT2D eigenvalue weighted by molar-refractivity contribution is 6.37. The predicted octanol–water partition coefficient (Wildman–Crippen LogP) is 4.35. The molecule has 0 aliphatic carbocycles. The van der Waals surface area contributed by atoms with Crippen LogP contribution in [0.3, 0.4) is 0 Å². The first kappa shape index (κ1) is 19.2. The standard InChI is InChI=1S/C17H16Cl3N3O2/c1-9-4-11(18)2-3-15(9)25-8-16(22)23-7-14(21)10-5-12(19)17(24)13(20)6-10/h2-7,24H,8,21H2,1H3,(H2,22,23)/b14-7-. The van der Waals surface area contributed by atoms with Crippen LogP contribution in [-0.2, 0) is 0 Å². The quantitative estimate of drug-likeness (QED) is 0.513. The summed E-state index contributed by atoms with van der Waals surface area (Å²) in [6.07, 6.45) is 1.37. The lowest BCUT2D eigenvalue weighted by atomic mass is 10.1. The van der Waals surface area contributed by atoms with Gasteiger partial charge in [0, 0.05) is 10.6 Å². The van der Waals surface area contributed by atoms with Crippen LogP contribution in [0, 0.1) is 6.92 Å². The fraction of sp³-hybridized carbons (Fsp3) is 0.118. The van der Waals surface area contributed by atoms with Crippen molar-refractivity contribution in [2.24, 2.45) is 16.5 Å². The van der Waals surface area contributed by atoms with E-state index in [9.17, 15) is 5.11 Å². The van der Waals surface area contributed by atoms with Gasteiger partial charge in [0.1, 0.15) is 18.2 Å². The van der Waals surface area contributed by atoms with Crippen molar-refractivity contribution in [1.29, 1.82) is 0 Å². The first-order chi connectivity index (χ1) is 11.8. The molecule has 2 aromatic carbocycles. The molecule has 132 valence electrons. The minimum absolute atomic E-state index is 0.0866. The Labute approximate surface area is 160 Å². The van der Waals surface area contributed by atoms with Crippen molar-refractivity contribution in [3.8, 4) is 11.5 Å². The minimum Gasteiger partial charge on any atom is -0.505 e. The maximum absolute atomic E-state index is 9.55. The lowest BCUT2D eigenvalue weighted by Gasteiger charge is -2.09. The summed E-state index contributed by atoms with van der Waals surface area (Å²) in [5.41, 5.74) is 13.4. The number of phenols is 1. The van der Waals surface area contributed by atoms with Gasteiger partial charge in [0.15, 0.2) is 5.75 Å². The maximum Gasteiger partial charge on any atom is 0.152 e. The van der Waals surface area contributed by atoms with Crippen molar-refractivity contribution in [1.82, 2.24) is 0 Å². The highest BCUT2D eigenvalue weighted by Crippen LogP contribution is 2.34. The van der Waals surface area contributed by atoms with Gasteiger partial charge in [-0.3, -0.25) is 0 Å². The van der Waals surface area contributed by atoms with Gasteiger partial charge >= 0.3 is 0 Å². The molecule has 0 aliphatic heterocycles. The molecule has 0 amide bonds. The number of ether oxygens (including phenoxy) is 1. The monoisotopic (exact) mass is 399 g/mol. The summed E-state index contributed by atoms with van der Waals surface area (Å²) in [5.74, 6) is 0.694. The van der Waals surface area contributed by atoms with E-state index in [4.69, 9.17) is 51.0 Å². The van der Waals surface area contributed by atoms with Crippen molar-refractivity contribution in [2.75, 3.05) is 6.61 Å². The largest absolute Gasteiger partial charge is 0.505 e. The second-order valence-electron chi connectivity index (χ2n) is 5.19. The number of rotatable bonds is 5. The molecule has 8 heteroatoms. The van der Waals surface area contributed by atoms with Crippen molar-refractivity contribution in [2.45, 2.75) is 6.92 Å². The number of hydrogen-bond donors (Lipinski definition) is 3.